The van der Waals surface area contributed by atoms with Gasteiger partial charge in [-0.05, 0) is 33.3 Å². The number of hydrogen-bond acceptors (Lipinski definition) is 5. The molecule has 2 amide bonds. The smallest absolute Gasteiger partial charge is 0.247 e. The lowest BCUT2D eigenvalue weighted by Crippen LogP contribution is -2.46. The van der Waals surface area contributed by atoms with Gasteiger partial charge in [-0.1, -0.05) is 0 Å². The second-order valence-corrected chi connectivity index (χ2v) is 7.08. The van der Waals surface area contributed by atoms with E-state index in [4.69, 9.17) is 4.74 Å². The summed E-state index contributed by atoms with van der Waals surface area (Å²) in [4.78, 5) is 28.2. The van der Waals surface area contributed by atoms with E-state index in [1.807, 2.05) is 0 Å². The average molecular weight is 365 g/mol. The zero-order chi connectivity index (χ0) is 19.1. The Hall–Kier alpha value is -1.93. The summed E-state index contributed by atoms with van der Waals surface area (Å²) in [6, 6.07) is 1.35. The van der Waals surface area contributed by atoms with Gasteiger partial charge in [0.15, 0.2) is 0 Å². The number of amides is 2. The van der Waals surface area contributed by atoms with Crippen LogP contribution in [0, 0.1) is 0 Å². The van der Waals surface area contributed by atoms with Gasteiger partial charge in [-0.25, -0.2) is 0 Å². The first-order valence-electron chi connectivity index (χ1n) is 9.25. The van der Waals surface area contributed by atoms with Crippen molar-refractivity contribution in [1.82, 2.24) is 24.9 Å². The summed E-state index contributed by atoms with van der Waals surface area (Å²) in [7, 11) is 1.64. The maximum absolute atomic E-state index is 12.3. The number of aromatic nitrogens is 2. The quantitative estimate of drug-likeness (QED) is 0.680. The van der Waals surface area contributed by atoms with Gasteiger partial charge in [-0.2, -0.15) is 5.10 Å². The summed E-state index contributed by atoms with van der Waals surface area (Å²) in [5.74, 6) is -0.280. The van der Waals surface area contributed by atoms with Crippen molar-refractivity contribution >= 4 is 11.8 Å². The molecule has 3 atom stereocenters. The second-order valence-electron chi connectivity index (χ2n) is 7.08. The van der Waals surface area contributed by atoms with Crippen LogP contribution in [-0.2, 0) is 14.3 Å². The molecule has 0 radical (unpaired) electrons. The number of likely N-dealkylation sites (N-methyl/N-ethyl adjacent to an activating group) is 1. The van der Waals surface area contributed by atoms with Gasteiger partial charge in [0.25, 0.3) is 0 Å². The summed E-state index contributed by atoms with van der Waals surface area (Å²) >= 11 is 0. The van der Waals surface area contributed by atoms with Gasteiger partial charge in [-0.3, -0.25) is 19.2 Å². The Balaban J connectivity index is 1.64. The number of rotatable bonds is 8. The van der Waals surface area contributed by atoms with Crippen LogP contribution in [0.2, 0.25) is 0 Å². The van der Waals surface area contributed by atoms with Crippen molar-refractivity contribution in [2.75, 3.05) is 39.8 Å². The summed E-state index contributed by atoms with van der Waals surface area (Å²) in [5, 5.41) is 6.96. The minimum absolute atomic E-state index is 0.0517. The van der Waals surface area contributed by atoms with Crippen LogP contribution in [0.5, 0.6) is 0 Å². The molecular formula is C18H31N5O3. The van der Waals surface area contributed by atoms with Crippen LogP contribution in [0.3, 0.4) is 0 Å². The molecule has 0 bridgehead atoms. The van der Waals surface area contributed by atoms with Crippen LogP contribution < -0.4 is 5.32 Å². The third kappa shape index (κ3) is 6.10. The monoisotopic (exact) mass is 365 g/mol. The van der Waals surface area contributed by atoms with Crippen molar-refractivity contribution in [1.29, 1.82) is 0 Å². The van der Waals surface area contributed by atoms with Crippen LogP contribution in [0.15, 0.2) is 18.5 Å². The molecule has 0 aliphatic carbocycles. The number of carbonyl (C=O) groups is 2. The molecule has 146 valence electrons. The molecule has 0 saturated carbocycles. The lowest BCUT2D eigenvalue weighted by molar-refractivity contribution is -0.137. The average Bonchev–Trinajstić information content (AvgIpc) is 3.11. The van der Waals surface area contributed by atoms with E-state index in [9.17, 15) is 9.59 Å². The molecule has 1 aromatic heterocycles. The van der Waals surface area contributed by atoms with Crippen molar-refractivity contribution in [2.45, 2.75) is 45.4 Å². The van der Waals surface area contributed by atoms with Gasteiger partial charge >= 0.3 is 0 Å². The fourth-order valence-corrected chi connectivity index (χ4v) is 3.29. The molecule has 0 aromatic carbocycles. The number of hydrogen-bond donors (Lipinski definition) is 1. The first-order valence-corrected chi connectivity index (χ1v) is 9.25. The molecule has 2 rings (SSSR count). The number of morpholine rings is 1. The molecule has 0 spiro atoms. The highest BCUT2D eigenvalue weighted by atomic mass is 16.5. The standard InChI is InChI=1S/C18H31N5O3/c1-14-11-22(12-15(2)26-14)9-5-7-19-17(24)13-21(4)18(25)16(3)23-10-6-8-20-23/h6,8,10,14-16H,5,7,9,11-13H2,1-4H3,(H,19,24). The first-order chi connectivity index (χ1) is 12.4. The molecule has 1 aromatic rings. The molecule has 1 aliphatic rings. The van der Waals surface area contributed by atoms with Crippen LogP contribution in [0.4, 0.5) is 0 Å². The molecular weight excluding hydrogens is 334 g/mol. The predicted molar refractivity (Wildman–Crippen MR) is 98.7 cm³/mol. The van der Waals surface area contributed by atoms with Crippen LogP contribution in [0.1, 0.15) is 33.2 Å². The van der Waals surface area contributed by atoms with Gasteiger partial charge < -0.3 is 15.0 Å². The highest BCUT2D eigenvalue weighted by Gasteiger charge is 2.22. The molecule has 1 saturated heterocycles. The highest BCUT2D eigenvalue weighted by molar-refractivity contribution is 5.86. The van der Waals surface area contributed by atoms with E-state index in [-0.39, 0.29) is 30.6 Å². The predicted octanol–water partition coefficient (Wildman–Crippen LogP) is 0.518. The van der Waals surface area contributed by atoms with Crippen molar-refractivity contribution in [3.63, 3.8) is 0 Å². The largest absolute Gasteiger partial charge is 0.373 e. The SMILES string of the molecule is CC1CN(CCCNC(=O)CN(C)C(=O)C(C)n2cccn2)CC(C)O1. The summed E-state index contributed by atoms with van der Waals surface area (Å²) in [6.07, 6.45) is 4.76. The molecule has 8 nitrogen and oxygen atoms in total. The summed E-state index contributed by atoms with van der Waals surface area (Å²) in [5.41, 5.74) is 0. The molecule has 1 aliphatic heterocycles. The lowest BCUT2D eigenvalue weighted by Gasteiger charge is -2.35. The minimum atomic E-state index is -0.423. The van der Waals surface area contributed by atoms with Gasteiger partial charge in [0.1, 0.15) is 6.04 Å². The normalized spacial score (nSPS) is 22.0. The van der Waals surface area contributed by atoms with Gasteiger partial charge in [-0.15, -0.1) is 0 Å². The molecule has 8 heteroatoms. The fraction of sp³-hybridized carbons (Fsp3) is 0.722. The van der Waals surface area contributed by atoms with E-state index in [1.54, 1.807) is 37.1 Å². The topological polar surface area (TPSA) is 79.7 Å². The minimum Gasteiger partial charge on any atom is -0.373 e. The van der Waals surface area contributed by atoms with Gasteiger partial charge in [0.2, 0.25) is 11.8 Å². The highest BCUT2D eigenvalue weighted by Crippen LogP contribution is 2.10. The first kappa shape index (κ1) is 20.4. The zero-order valence-electron chi connectivity index (χ0n) is 16.2. The van der Waals surface area contributed by atoms with E-state index in [2.05, 4.69) is 29.2 Å². The van der Waals surface area contributed by atoms with Crippen LogP contribution in [-0.4, -0.2) is 83.4 Å². The Morgan fingerprint density at radius 3 is 2.65 bits per heavy atom. The third-order valence-corrected chi connectivity index (χ3v) is 4.50. The van der Waals surface area contributed by atoms with E-state index in [0.29, 0.717) is 6.54 Å². The van der Waals surface area contributed by atoms with Gasteiger partial charge in [0.05, 0.1) is 18.8 Å². The molecule has 2 heterocycles. The van der Waals surface area contributed by atoms with Crippen molar-refractivity contribution in [2.24, 2.45) is 0 Å². The number of nitrogens with zero attached hydrogens (tertiary/aromatic N) is 4. The Kier molecular flexibility index (Phi) is 7.59. The van der Waals surface area contributed by atoms with E-state index in [0.717, 1.165) is 26.1 Å². The number of nitrogens with one attached hydrogen (secondary N) is 1. The van der Waals surface area contributed by atoms with Gasteiger partial charge in [0, 0.05) is 45.6 Å². The van der Waals surface area contributed by atoms with Crippen molar-refractivity contribution < 1.29 is 14.3 Å². The Morgan fingerprint density at radius 1 is 1.35 bits per heavy atom. The molecule has 1 fully saturated rings. The summed E-state index contributed by atoms with van der Waals surface area (Å²) < 4.78 is 7.30. The van der Waals surface area contributed by atoms with E-state index < -0.39 is 6.04 Å². The van der Waals surface area contributed by atoms with Crippen LogP contribution in [0.25, 0.3) is 0 Å². The van der Waals surface area contributed by atoms with E-state index in [1.165, 1.54) is 4.90 Å². The van der Waals surface area contributed by atoms with Crippen LogP contribution >= 0.6 is 0 Å². The Morgan fingerprint density at radius 2 is 2.04 bits per heavy atom. The second kappa shape index (κ2) is 9.68. The molecule has 1 N–H and O–H groups in total. The number of ether oxygens (including phenoxy) is 1. The number of carbonyl (C=O) groups excluding carboxylic acids is 2. The zero-order valence-corrected chi connectivity index (χ0v) is 16.2. The van der Waals surface area contributed by atoms with E-state index >= 15 is 0 Å². The maximum atomic E-state index is 12.3. The summed E-state index contributed by atoms with van der Waals surface area (Å²) in [6.45, 7) is 9.40. The Labute approximate surface area is 155 Å². The molecule has 26 heavy (non-hydrogen) atoms. The lowest BCUT2D eigenvalue weighted by atomic mass is 10.2. The molecule has 3 unspecified atom stereocenters. The van der Waals surface area contributed by atoms with Crippen molar-refractivity contribution in [3.05, 3.63) is 18.5 Å². The Bertz CT molecular complexity index is 567. The third-order valence-electron chi connectivity index (χ3n) is 4.50. The fourth-order valence-electron chi connectivity index (χ4n) is 3.29. The maximum Gasteiger partial charge on any atom is 0.247 e. The van der Waals surface area contributed by atoms with Crippen molar-refractivity contribution in [3.8, 4) is 0 Å².